The summed E-state index contributed by atoms with van der Waals surface area (Å²) < 4.78 is 19.9. The third kappa shape index (κ3) is 3.45. The number of aldehydes is 1. The molecular formula is C21H25FO2. The summed E-state index contributed by atoms with van der Waals surface area (Å²) in [5, 5.41) is 1.71. The maximum atomic E-state index is 13.7. The van der Waals surface area contributed by atoms with Crippen molar-refractivity contribution in [2.24, 2.45) is 11.8 Å². The molecule has 1 fully saturated rings. The van der Waals surface area contributed by atoms with E-state index in [-0.39, 0.29) is 6.10 Å². The van der Waals surface area contributed by atoms with Crippen molar-refractivity contribution in [1.82, 2.24) is 0 Å². The lowest BCUT2D eigenvalue weighted by atomic mass is 9.80. The van der Waals surface area contributed by atoms with Gasteiger partial charge in [0.05, 0.1) is 6.10 Å². The molecule has 2 aromatic rings. The molecule has 0 amide bonds. The van der Waals surface area contributed by atoms with Crippen LogP contribution < -0.4 is 4.74 Å². The Morgan fingerprint density at radius 3 is 2.50 bits per heavy atom. The predicted molar refractivity (Wildman–Crippen MR) is 95.4 cm³/mol. The monoisotopic (exact) mass is 328 g/mol. The molecule has 3 heteroatoms. The minimum absolute atomic E-state index is 0.164. The predicted octanol–water partition coefficient (Wildman–Crippen LogP) is 5.72. The quantitative estimate of drug-likeness (QED) is 0.657. The van der Waals surface area contributed by atoms with Gasteiger partial charge in [-0.1, -0.05) is 32.0 Å². The van der Waals surface area contributed by atoms with Gasteiger partial charge in [0.15, 0.2) is 0 Å². The SMILES string of the molecule is CC(C)[C@H]1CC[C@@H](Oc2ccc3ccc(C=O)cc3c2CF)CC1. The van der Waals surface area contributed by atoms with E-state index < -0.39 is 6.67 Å². The maximum Gasteiger partial charge on any atom is 0.150 e. The number of halogens is 1. The summed E-state index contributed by atoms with van der Waals surface area (Å²) in [6.07, 6.45) is 5.37. The molecule has 0 N–H and O–H groups in total. The first-order valence-electron chi connectivity index (χ1n) is 8.85. The molecule has 128 valence electrons. The topological polar surface area (TPSA) is 26.3 Å². The number of ether oxygens (including phenoxy) is 1. The van der Waals surface area contributed by atoms with Gasteiger partial charge >= 0.3 is 0 Å². The average Bonchev–Trinajstić information content (AvgIpc) is 2.61. The number of benzene rings is 2. The van der Waals surface area contributed by atoms with E-state index in [0.717, 1.165) is 41.7 Å². The Labute approximate surface area is 143 Å². The van der Waals surface area contributed by atoms with Crippen LogP contribution in [0.15, 0.2) is 30.3 Å². The number of fused-ring (bicyclic) bond motifs is 1. The number of rotatable bonds is 5. The van der Waals surface area contributed by atoms with Gasteiger partial charge in [-0.3, -0.25) is 4.79 Å². The molecule has 0 aromatic heterocycles. The molecule has 2 aromatic carbocycles. The lowest BCUT2D eigenvalue weighted by Gasteiger charge is -2.31. The lowest BCUT2D eigenvalue weighted by Crippen LogP contribution is -2.26. The van der Waals surface area contributed by atoms with Crippen molar-refractivity contribution in [1.29, 1.82) is 0 Å². The maximum absolute atomic E-state index is 13.7. The number of carbonyl (C=O) groups excluding carboxylic acids is 1. The van der Waals surface area contributed by atoms with Crippen LogP contribution in [0.25, 0.3) is 10.8 Å². The van der Waals surface area contributed by atoms with Gasteiger partial charge in [-0.15, -0.1) is 0 Å². The Bertz CT molecular complexity index is 715. The van der Waals surface area contributed by atoms with E-state index in [4.69, 9.17) is 4.74 Å². The first-order valence-corrected chi connectivity index (χ1v) is 8.85. The highest BCUT2D eigenvalue weighted by Crippen LogP contribution is 2.35. The third-order valence-corrected chi connectivity index (χ3v) is 5.34. The molecule has 0 bridgehead atoms. The molecule has 0 aliphatic heterocycles. The van der Waals surface area contributed by atoms with Gasteiger partial charge < -0.3 is 4.74 Å². The first kappa shape index (κ1) is 16.9. The Hall–Kier alpha value is -1.90. The highest BCUT2D eigenvalue weighted by Gasteiger charge is 2.25. The molecule has 1 aliphatic carbocycles. The first-order chi connectivity index (χ1) is 11.6. The van der Waals surface area contributed by atoms with Crippen LogP contribution in [0.1, 0.15) is 55.5 Å². The Kier molecular flexibility index (Phi) is 5.17. The van der Waals surface area contributed by atoms with E-state index in [9.17, 15) is 9.18 Å². The van der Waals surface area contributed by atoms with Gasteiger partial charge in [0, 0.05) is 11.1 Å². The van der Waals surface area contributed by atoms with Crippen LogP contribution in [0, 0.1) is 11.8 Å². The van der Waals surface area contributed by atoms with Gasteiger partial charge in [-0.05, 0) is 60.4 Å². The zero-order valence-corrected chi connectivity index (χ0v) is 14.4. The fraction of sp³-hybridized carbons (Fsp3) is 0.476. The second kappa shape index (κ2) is 7.33. The van der Waals surface area contributed by atoms with Crippen LogP contribution >= 0.6 is 0 Å². The Morgan fingerprint density at radius 1 is 1.17 bits per heavy atom. The fourth-order valence-corrected chi connectivity index (χ4v) is 3.75. The van der Waals surface area contributed by atoms with Crippen LogP contribution in [0.3, 0.4) is 0 Å². The Balaban J connectivity index is 1.83. The van der Waals surface area contributed by atoms with Crippen molar-refractivity contribution in [3.05, 3.63) is 41.5 Å². The van der Waals surface area contributed by atoms with Crippen molar-refractivity contribution in [2.75, 3.05) is 0 Å². The highest BCUT2D eigenvalue weighted by atomic mass is 19.1. The smallest absolute Gasteiger partial charge is 0.150 e. The molecule has 0 unspecified atom stereocenters. The summed E-state index contributed by atoms with van der Waals surface area (Å²) >= 11 is 0. The minimum atomic E-state index is -0.587. The second-order valence-electron chi connectivity index (χ2n) is 7.17. The standard InChI is InChI=1S/C21H25FO2/c1-14(2)16-5-8-18(9-6-16)24-21-10-7-17-4-3-15(13-23)11-19(17)20(21)12-22/h3-4,7,10-11,13-14,16,18H,5-6,8-9,12H2,1-2H3/t16-,18+. The molecule has 3 rings (SSSR count). The lowest BCUT2D eigenvalue weighted by molar-refractivity contribution is 0.112. The summed E-state index contributed by atoms with van der Waals surface area (Å²) in [7, 11) is 0. The van der Waals surface area contributed by atoms with Crippen LogP contribution in [0.5, 0.6) is 5.75 Å². The molecule has 2 nitrogen and oxygen atoms in total. The van der Waals surface area contributed by atoms with Gasteiger partial charge in [0.1, 0.15) is 18.7 Å². The molecule has 1 saturated carbocycles. The molecule has 0 spiro atoms. The van der Waals surface area contributed by atoms with Gasteiger partial charge in [0.25, 0.3) is 0 Å². The van der Waals surface area contributed by atoms with E-state index in [2.05, 4.69) is 13.8 Å². The number of carbonyl (C=O) groups is 1. The summed E-state index contributed by atoms with van der Waals surface area (Å²) in [5.74, 6) is 2.12. The van der Waals surface area contributed by atoms with Crippen LogP contribution in [0.2, 0.25) is 0 Å². The minimum Gasteiger partial charge on any atom is -0.490 e. The largest absolute Gasteiger partial charge is 0.490 e. The third-order valence-electron chi connectivity index (χ3n) is 5.34. The normalized spacial score (nSPS) is 21.2. The molecule has 0 atom stereocenters. The van der Waals surface area contributed by atoms with E-state index >= 15 is 0 Å². The molecule has 24 heavy (non-hydrogen) atoms. The molecule has 0 saturated heterocycles. The van der Waals surface area contributed by atoms with E-state index in [1.54, 1.807) is 12.1 Å². The van der Waals surface area contributed by atoms with Crippen molar-refractivity contribution in [3.63, 3.8) is 0 Å². The van der Waals surface area contributed by atoms with Gasteiger partial charge in [0.2, 0.25) is 0 Å². The summed E-state index contributed by atoms with van der Waals surface area (Å²) in [6, 6.07) is 9.17. The number of hydrogen-bond donors (Lipinski definition) is 0. The molecule has 0 radical (unpaired) electrons. The average molecular weight is 328 g/mol. The van der Waals surface area contributed by atoms with Crippen LogP contribution in [0.4, 0.5) is 4.39 Å². The van der Waals surface area contributed by atoms with E-state index in [0.29, 0.717) is 16.9 Å². The van der Waals surface area contributed by atoms with E-state index in [1.165, 1.54) is 12.8 Å². The van der Waals surface area contributed by atoms with Gasteiger partial charge in [-0.2, -0.15) is 0 Å². The van der Waals surface area contributed by atoms with E-state index in [1.807, 2.05) is 18.2 Å². The highest BCUT2D eigenvalue weighted by molar-refractivity contribution is 5.92. The summed E-state index contributed by atoms with van der Waals surface area (Å²) in [6.45, 7) is 3.97. The molecular weight excluding hydrogens is 303 g/mol. The van der Waals surface area contributed by atoms with Crippen molar-refractivity contribution < 1.29 is 13.9 Å². The van der Waals surface area contributed by atoms with Crippen LogP contribution in [-0.2, 0) is 6.67 Å². The van der Waals surface area contributed by atoms with Gasteiger partial charge in [-0.25, -0.2) is 4.39 Å². The van der Waals surface area contributed by atoms with Crippen molar-refractivity contribution >= 4 is 17.1 Å². The second-order valence-corrected chi connectivity index (χ2v) is 7.17. The Morgan fingerprint density at radius 2 is 1.88 bits per heavy atom. The van der Waals surface area contributed by atoms with Crippen LogP contribution in [-0.4, -0.2) is 12.4 Å². The number of alkyl halides is 1. The molecule has 0 heterocycles. The molecule has 1 aliphatic rings. The number of hydrogen-bond acceptors (Lipinski definition) is 2. The zero-order chi connectivity index (χ0) is 17.1. The fourth-order valence-electron chi connectivity index (χ4n) is 3.75. The van der Waals surface area contributed by atoms with Crippen molar-refractivity contribution in [2.45, 2.75) is 52.3 Å². The summed E-state index contributed by atoms with van der Waals surface area (Å²) in [4.78, 5) is 11.0. The zero-order valence-electron chi connectivity index (χ0n) is 14.4. The summed E-state index contributed by atoms with van der Waals surface area (Å²) in [5.41, 5.74) is 1.12. The van der Waals surface area contributed by atoms with Crippen molar-refractivity contribution in [3.8, 4) is 5.75 Å².